The number of hydrogen-bond acceptors (Lipinski definition) is 5. The molecule has 3 heterocycles. The summed E-state index contributed by atoms with van der Waals surface area (Å²) in [7, 11) is 0. The van der Waals surface area contributed by atoms with Crippen LogP contribution < -0.4 is 10.2 Å². The number of piperazine rings is 1. The smallest absolute Gasteiger partial charge is 0.356 e. The Hall–Kier alpha value is -1.86. The van der Waals surface area contributed by atoms with Crippen molar-refractivity contribution in [3.05, 3.63) is 18.0 Å². The molecule has 1 saturated heterocycles. The van der Waals surface area contributed by atoms with E-state index in [1.807, 2.05) is 6.07 Å². The van der Waals surface area contributed by atoms with Crippen molar-refractivity contribution < 1.29 is 9.90 Å². The van der Waals surface area contributed by atoms with Gasteiger partial charge in [0.2, 0.25) is 0 Å². The molecular formula is C11H14ClN5O2. The van der Waals surface area contributed by atoms with Crippen molar-refractivity contribution in [2.75, 3.05) is 31.1 Å². The Bertz CT molecular complexity index is 594. The summed E-state index contributed by atoms with van der Waals surface area (Å²) in [6.07, 6.45) is 1.63. The summed E-state index contributed by atoms with van der Waals surface area (Å²) < 4.78 is 0. The van der Waals surface area contributed by atoms with E-state index in [0.717, 1.165) is 31.9 Å². The molecule has 2 aromatic heterocycles. The van der Waals surface area contributed by atoms with E-state index in [1.165, 1.54) is 0 Å². The van der Waals surface area contributed by atoms with E-state index in [2.05, 4.69) is 25.4 Å². The molecule has 1 fully saturated rings. The van der Waals surface area contributed by atoms with Gasteiger partial charge < -0.3 is 15.3 Å². The Morgan fingerprint density at radius 2 is 2.05 bits per heavy atom. The van der Waals surface area contributed by atoms with Crippen LogP contribution in [0.15, 0.2) is 12.3 Å². The predicted octanol–water partition coefficient (Wildman–Crippen LogP) is 0.487. The van der Waals surface area contributed by atoms with Crippen molar-refractivity contribution in [1.82, 2.24) is 20.5 Å². The van der Waals surface area contributed by atoms with Crippen LogP contribution in [0.25, 0.3) is 11.0 Å². The molecule has 102 valence electrons. The van der Waals surface area contributed by atoms with Gasteiger partial charge in [0.15, 0.2) is 5.69 Å². The Labute approximate surface area is 115 Å². The maximum atomic E-state index is 11.0. The number of carboxylic acid groups (broad SMARTS) is 1. The van der Waals surface area contributed by atoms with Gasteiger partial charge in [-0.1, -0.05) is 0 Å². The Morgan fingerprint density at radius 3 is 2.74 bits per heavy atom. The molecule has 1 aliphatic heterocycles. The van der Waals surface area contributed by atoms with E-state index >= 15 is 0 Å². The van der Waals surface area contributed by atoms with Crippen LogP contribution in [0.4, 0.5) is 5.69 Å². The Balaban J connectivity index is 0.00000133. The number of carbonyl (C=O) groups is 1. The summed E-state index contributed by atoms with van der Waals surface area (Å²) in [6, 6.07) is 1.88. The van der Waals surface area contributed by atoms with E-state index in [0.29, 0.717) is 11.0 Å². The van der Waals surface area contributed by atoms with Crippen molar-refractivity contribution in [1.29, 1.82) is 0 Å². The van der Waals surface area contributed by atoms with E-state index in [4.69, 9.17) is 5.11 Å². The normalized spacial score (nSPS) is 15.3. The quantitative estimate of drug-likeness (QED) is 0.742. The summed E-state index contributed by atoms with van der Waals surface area (Å²) in [5.74, 6) is -1.04. The van der Waals surface area contributed by atoms with Gasteiger partial charge in [-0.2, -0.15) is 5.10 Å². The third-order valence-electron chi connectivity index (χ3n) is 3.09. The lowest BCUT2D eigenvalue weighted by atomic mass is 10.2. The van der Waals surface area contributed by atoms with Gasteiger partial charge in [-0.15, -0.1) is 12.4 Å². The number of hydrogen-bond donors (Lipinski definition) is 3. The van der Waals surface area contributed by atoms with Crippen molar-refractivity contribution in [2.45, 2.75) is 0 Å². The molecule has 0 unspecified atom stereocenters. The van der Waals surface area contributed by atoms with Crippen LogP contribution in [0.5, 0.6) is 0 Å². The molecule has 0 atom stereocenters. The molecule has 2 aromatic rings. The number of anilines is 1. The fraction of sp³-hybridized carbons (Fsp3) is 0.364. The van der Waals surface area contributed by atoms with Gasteiger partial charge in [0, 0.05) is 32.4 Å². The molecule has 7 nitrogen and oxygen atoms in total. The Kier molecular flexibility index (Phi) is 3.87. The van der Waals surface area contributed by atoms with Gasteiger partial charge in [-0.3, -0.25) is 10.1 Å². The molecule has 8 heteroatoms. The van der Waals surface area contributed by atoms with Crippen LogP contribution in [0.3, 0.4) is 0 Å². The highest BCUT2D eigenvalue weighted by Gasteiger charge is 2.19. The lowest BCUT2D eigenvalue weighted by Gasteiger charge is -2.29. The zero-order valence-corrected chi connectivity index (χ0v) is 10.9. The third kappa shape index (κ3) is 2.34. The number of rotatable bonds is 2. The minimum absolute atomic E-state index is 0. The number of H-pyrrole nitrogens is 1. The Morgan fingerprint density at radius 1 is 1.32 bits per heavy atom. The number of nitrogens with one attached hydrogen (secondary N) is 2. The molecule has 0 aliphatic carbocycles. The first-order valence-corrected chi connectivity index (χ1v) is 5.79. The van der Waals surface area contributed by atoms with E-state index in [1.54, 1.807) is 6.20 Å². The number of carboxylic acids is 1. The van der Waals surface area contributed by atoms with Gasteiger partial charge in [-0.25, -0.2) is 4.79 Å². The first-order valence-electron chi connectivity index (χ1n) is 5.79. The molecule has 0 bridgehead atoms. The second kappa shape index (κ2) is 5.41. The van der Waals surface area contributed by atoms with E-state index in [9.17, 15) is 4.79 Å². The van der Waals surface area contributed by atoms with Gasteiger partial charge in [0.05, 0.1) is 5.69 Å². The van der Waals surface area contributed by atoms with Crippen molar-refractivity contribution in [3.63, 3.8) is 0 Å². The number of aromatic nitrogens is 3. The second-order valence-corrected chi connectivity index (χ2v) is 4.17. The number of aromatic carboxylic acids is 1. The highest BCUT2D eigenvalue weighted by molar-refractivity contribution is 6.02. The summed E-state index contributed by atoms with van der Waals surface area (Å²) in [4.78, 5) is 17.3. The van der Waals surface area contributed by atoms with Crippen molar-refractivity contribution >= 4 is 35.1 Å². The third-order valence-corrected chi connectivity index (χ3v) is 3.09. The molecule has 0 amide bonds. The highest BCUT2D eigenvalue weighted by atomic mass is 35.5. The SMILES string of the molecule is Cl.O=C(O)c1[nH]nc2c(N3CCNCC3)ccnc12. The van der Waals surface area contributed by atoms with Crippen LogP contribution >= 0.6 is 12.4 Å². The van der Waals surface area contributed by atoms with Crippen LogP contribution in [0.1, 0.15) is 10.5 Å². The average molecular weight is 284 g/mol. The lowest BCUT2D eigenvalue weighted by Crippen LogP contribution is -2.43. The maximum Gasteiger partial charge on any atom is 0.356 e. The maximum absolute atomic E-state index is 11.0. The first kappa shape index (κ1) is 13.6. The number of nitrogens with zero attached hydrogens (tertiary/aromatic N) is 3. The first-order chi connectivity index (χ1) is 8.77. The number of aromatic amines is 1. The van der Waals surface area contributed by atoms with Gasteiger partial charge in [0.25, 0.3) is 0 Å². The van der Waals surface area contributed by atoms with Crippen LogP contribution in [0.2, 0.25) is 0 Å². The molecule has 19 heavy (non-hydrogen) atoms. The van der Waals surface area contributed by atoms with Crippen molar-refractivity contribution in [2.24, 2.45) is 0 Å². The summed E-state index contributed by atoms with van der Waals surface area (Å²) >= 11 is 0. The van der Waals surface area contributed by atoms with Gasteiger partial charge in [0.1, 0.15) is 11.0 Å². The highest BCUT2D eigenvalue weighted by Crippen LogP contribution is 2.25. The fourth-order valence-corrected chi connectivity index (χ4v) is 2.21. The number of halogens is 1. The molecular weight excluding hydrogens is 270 g/mol. The summed E-state index contributed by atoms with van der Waals surface area (Å²) in [6.45, 7) is 3.60. The topological polar surface area (TPSA) is 94.1 Å². The predicted molar refractivity (Wildman–Crippen MR) is 73.2 cm³/mol. The monoisotopic (exact) mass is 283 g/mol. The van der Waals surface area contributed by atoms with Crippen LogP contribution in [-0.2, 0) is 0 Å². The molecule has 3 N–H and O–H groups in total. The van der Waals surface area contributed by atoms with Gasteiger partial charge >= 0.3 is 5.97 Å². The molecule has 0 spiro atoms. The minimum atomic E-state index is -1.04. The molecule has 0 radical (unpaired) electrons. The molecule has 1 aliphatic rings. The van der Waals surface area contributed by atoms with E-state index < -0.39 is 5.97 Å². The average Bonchev–Trinajstić information content (AvgIpc) is 2.83. The number of fused-ring (bicyclic) bond motifs is 1. The lowest BCUT2D eigenvalue weighted by molar-refractivity contribution is 0.0692. The van der Waals surface area contributed by atoms with Crippen LogP contribution in [-0.4, -0.2) is 52.4 Å². The molecule has 3 rings (SSSR count). The fourth-order valence-electron chi connectivity index (χ4n) is 2.21. The molecule has 0 saturated carbocycles. The van der Waals surface area contributed by atoms with Gasteiger partial charge in [-0.05, 0) is 6.07 Å². The summed E-state index contributed by atoms with van der Waals surface area (Å²) in [5.41, 5.74) is 2.02. The minimum Gasteiger partial charge on any atom is -0.476 e. The zero-order chi connectivity index (χ0) is 12.5. The summed E-state index contributed by atoms with van der Waals surface area (Å²) in [5, 5.41) is 18.9. The largest absolute Gasteiger partial charge is 0.476 e. The molecule has 0 aromatic carbocycles. The van der Waals surface area contributed by atoms with Crippen molar-refractivity contribution in [3.8, 4) is 0 Å². The number of pyridine rings is 1. The standard InChI is InChI=1S/C11H13N5O2.ClH/c17-11(18)10-9-8(14-15-10)7(1-2-13-9)16-5-3-12-4-6-16;/h1-2,12H,3-6H2,(H,14,15)(H,17,18);1H. The second-order valence-electron chi connectivity index (χ2n) is 4.17. The van der Waals surface area contributed by atoms with E-state index in [-0.39, 0.29) is 18.1 Å². The van der Waals surface area contributed by atoms with Crippen LogP contribution in [0, 0.1) is 0 Å². The zero-order valence-electron chi connectivity index (χ0n) is 10.1.